The quantitative estimate of drug-likeness (QED) is 0.745. The summed E-state index contributed by atoms with van der Waals surface area (Å²) < 4.78 is 2.04. The Bertz CT molecular complexity index is 950. The van der Waals surface area contributed by atoms with Crippen LogP contribution in [0.3, 0.4) is 0 Å². The van der Waals surface area contributed by atoms with Gasteiger partial charge < -0.3 is 5.73 Å². The van der Waals surface area contributed by atoms with Crippen molar-refractivity contribution < 1.29 is 0 Å². The van der Waals surface area contributed by atoms with E-state index in [0.29, 0.717) is 11.9 Å². The minimum Gasteiger partial charge on any atom is -0.383 e. The maximum absolute atomic E-state index is 6.21. The van der Waals surface area contributed by atoms with Crippen LogP contribution >= 0.6 is 0 Å². The lowest BCUT2D eigenvalue weighted by atomic mass is 10.0. The molecule has 128 valence electrons. The lowest BCUT2D eigenvalue weighted by Gasteiger charge is -2.10. The number of anilines is 1. The van der Waals surface area contributed by atoms with E-state index in [1.54, 1.807) is 7.05 Å². The minimum absolute atomic E-state index is 0.376. The van der Waals surface area contributed by atoms with E-state index in [1.807, 2.05) is 10.7 Å². The minimum atomic E-state index is 0.376. The van der Waals surface area contributed by atoms with Gasteiger partial charge in [-0.15, -0.1) is 0 Å². The second kappa shape index (κ2) is 6.27. The van der Waals surface area contributed by atoms with Gasteiger partial charge in [-0.05, 0) is 25.8 Å². The highest BCUT2D eigenvalue weighted by Crippen LogP contribution is 2.33. The van der Waals surface area contributed by atoms with Crippen molar-refractivity contribution in [3.05, 3.63) is 47.4 Å². The summed E-state index contributed by atoms with van der Waals surface area (Å²) in [6.45, 7) is 2.07. The molecule has 3 aromatic rings. The highest BCUT2D eigenvalue weighted by Gasteiger charge is 2.26. The number of aliphatic imine (C=N–C) groups is 1. The lowest BCUT2D eigenvalue weighted by molar-refractivity contribution is 0.478. The van der Waals surface area contributed by atoms with E-state index in [1.165, 1.54) is 24.7 Å². The first kappa shape index (κ1) is 15.7. The van der Waals surface area contributed by atoms with Crippen molar-refractivity contribution in [2.24, 2.45) is 4.99 Å². The number of nitrogens with two attached hydrogens (primary N) is 1. The first-order valence-corrected chi connectivity index (χ1v) is 8.72. The van der Waals surface area contributed by atoms with Gasteiger partial charge >= 0.3 is 0 Å². The molecule has 0 spiro atoms. The molecule has 0 atom stereocenters. The Kier molecular flexibility index (Phi) is 3.95. The van der Waals surface area contributed by atoms with E-state index in [4.69, 9.17) is 10.8 Å². The van der Waals surface area contributed by atoms with Gasteiger partial charge in [0.25, 0.3) is 0 Å². The Morgan fingerprint density at radius 3 is 2.76 bits per heavy atom. The maximum Gasteiger partial charge on any atom is 0.164 e. The summed E-state index contributed by atoms with van der Waals surface area (Å²) in [5.41, 5.74) is 10.8. The van der Waals surface area contributed by atoms with Crippen molar-refractivity contribution in [1.29, 1.82) is 0 Å². The standard InChI is InChI=1S/C19H22N6/c1-12-6-5-7-13(10-12)16(21-2)17-15-18(20)22-11-23-19(15)25(24-17)14-8-3-4-9-14/h5-7,10-11,14H,3-4,8-9H2,1-2H3,(H2,20,22,23)/b21-16+. The van der Waals surface area contributed by atoms with Crippen molar-refractivity contribution in [1.82, 2.24) is 19.7 Å². The topological polar surface area (TPSA) is 82.0 Å². The van der Waals surface area contributed by atoms with Crippen LogP contribution in [0, 0.1) is 6.92 Å². The number of fused-ring (bicyclic) bond motifs is 1. The predicted octanol–water partition coefficient (Wildman–Crippen LogP) is 3.30. The van der Waals surface area contributed by atoms with Crippen molar-refractivity contribution >= 4 is 22.6 Å². The summed E-state index contributed by atoms with van der Waals surface area (Å²) >= 11 is 0. The Morgan fingerprint density at radius 2 is 2.04 bits per heavy atom. The normalized spacial score (nSPS) is 16.0. The summed E-state index contributed by atoms with van der Waals surface area (Å²) in [5, 5.41) is 5.72. The molecule has 1 aliphatic carbocycles. The molecular formula is C19H22N6. The van der Waals surface area contributed by atoms with E-state index in [-0.39, 0.29) is 0 Å². The first-order valence-electron chi connectivity index (χ1n) is 8.72. The second-order valence-electron chi connectivity index (χ2n) is 6.63. The smallest absolute Gasteiger partial charge is 0.164 e. The third kappa shape index (κ3) is 2.67. The van der Waals surface area contributed by atoms with Crippen LogP contribution in [0.5, 0.6) is 0 Å². The number of hydrogen-bond acceptors (Lipinski definition) is 5. The van der Waals surface area contributed by atoms with Gasteiger partial charge in [0, 0.05) is 12.6 Å². The molecule has 1 aromatic carbocycles. The number of nitrogen functional groups attached to an aromatic ring is 1. The molecule has 2 N–H and O–H groups in total. The monoisotopic (exact) mass is 334 g/mol. The highest BCUT2D eigenvalue weighted by atomic mass is 15.3. The number of nitrogens with zero attached hydrogens (tertiary/aromatic N) is 5. The Hall–Kier alpha value is -2.76. The third-order valence-corrected chi connectivity index (χ3v) is 4.93. The van der Waals surface area contributed by atoms with E-state index in [9.17, 15) is 0 Å². The Balaban J connectivity index is 1.94. The maximum atomic E-state index is 6.21. The second-order valence-corrected chi connectivity index (χ2v) is 6.63. The van der Waals surface area contributed by atoms with Crippen LogP contribution in [0.2, 0.25) is 0 Å². The van der Waals surface area contributed by atoms with Crippen LogP contribution in [0.25, 0.3) is 11.0 Å². The number of benzene rings is 1. The molecule has 2 aromatic heterocycles. The van der Waals surface area contributed by atoms with Crippen molar-refractivity contribution in [2.45, 2.75) is 38.6 Å². The van der Waals surface area contributed by atoms with Gasteiger partial charge in [0.05, 0.1) is 17.1 Å². The molecule has 1 saturated carbocycles. The zero-order chi connectivity index (χ0) is 17.4. The van der Waals surface area contributed by atoms with Crippen LogP contribution in [-0.4, -0.2) is 32.5 Å². The zero-order valence-electron chi connectivity index (χ0n) is 14.6. The SMILES string of the molecule is C/N=C(\c1cccc(C)c1)c1nn(C2CCCC2)c2ncnc(N)c12. The fourth-order valence-corrected chi connectivity index (χ4v) is 3.73. The molecular weight excluding hydrogens is 312 g/mol. The molecule has 2 heterocycles. The fourth-order valence-electron chi connectivity index (χ4n) is 3.73. The summed E-state index contributed by atoms with van der Waals surface area (Å²) in [6.07, 6.45) is 6.24. The summed E-state index contributed by atoms with van der Waals surface area (Å²) in [5.74, 6) is 0.457. The molecule has 0 bridgehead atoms. The summed E-state index contributed by atoms with van der Waals surface area (Å²) in [7, 11) is 1.79. The zero-order valence-corrected chi connectivity index (χ0v) is 14.6. The first-order chi connectivity index (χ1) is 12.2. The van der Waals surface area contributed by atoms with Crippen LogP contribution in [0.15, 0.2) is 35.6 Å². The molecule has 6 heteroatoms. The van der Waals surface area contributed by atoms with E-state index >= 15 is 0 Å². The number of aryl methyl sites for hydroxylation is 1. The summed E-state index contributed by atoms with van der Waals surface area (Å²) in [6, 6.07) is 8.65. The molecule has 0 amide bonds. The molecule has 0 radical (unpaired) electrons. The van der Waals surface area contributed by atoms with E-state index in [0.717, 1.165) is 40.8 Å². The molecule has 6 nitrogen and oxygen atoms in total. The fraction of sp³-hybridized carbons (Fsp3) is 0.368. The van der Waals surface area contributed by atoms with Crippen molar-refractivity contribution in [3.8, 4) is 0 Å². The summed E-state index contributed by atoms with van der Waals surface area (Å²) in [4.78, 5) is 13.2. The van der Waals surface area contributed by atoms with Gasteiger partial charge in [-0.3, -0.25) is 4.99 Å². The van der Waals surface area contributed by atoms with Gasteiger partial charge in [0.1, 0.15) is 17.8 Å². The van der Waals surface area contributed by atoms with Gasteiger partial charge in [-0.2, -0.15) is 5.10 Å². The predicted molar refractivity (Wildman–Crippen MR) is 100.0 cm³/mol. The van der Waals surface area contributed by atoms with Crippen LogP contribution in [0.4, 0.5) is 5.82 Å². The van der Waals surface area contributed by atoms with E-state index < -0.39 is 0 Å². The molecule has 0 aliphatic heterocycles. The van der Waals surface area contributed by atoms with Crippen molar-refractivity contribution in [2.75, 3.05) is 12.8 Å². The number of hydrogen-bond donors (Lipinski definition) is 1. The van der Waals surface area contributed by atoms with Gasteiger partial charge in [0.2, 0.25) is 0 Å². The van der Waals surface area contributed by atoms with E-state index in [2.05, 4.69) is 40.1 Å². The van der Waals surface area contributed by atoms with Crippen LogP contribution in [-0.2, 0) is 0 Å². The largest absolute Gasteiger partial charge is 0.383 e. The molecule has 25 heavy (non-hydrogen) atoms. The van der Waals surface area contributed by atoms with Crippen LogP contribution < -0.4 is 5.73 Å². The third-order valence-electron chi connectivity index (χ3n) is 4.93. The van der Waals surface area contributed by atoms with Crippen LogP contribution in [0.1, 0.15) is 48.5 Å². The Morgan fingerprint density at radius 1 is 1.24 bits per heavy atom. The lowest BCUT2D eigenvalue weighted by Crippen LogP contribution is -2.10. The van der Waals surface area contributed by atoms with Gasteiger partial charge in [-0.1, -0.05) is 36.6 Å². The molecule has 0 saturated heterocycles. The number of rotatable bonds is 3. The molecule has 1 fully saturated rings. The van der Waals surface area contributed by atoms with Gasteiger partial charge in [-0.25, -0.2) is 14.6 Å². The number of aromatic nitrogens is 4. The van der Waals surface area contributed by atoms with Crippen molar-refractivity contribution in [3.63, 3.8) is 0 Å². The highest BCUT2D eigenvalue weighted by molar-refractivity contribution is 6.19. The molecule has 1 aliphatic rings. The average Bonchev–Trinajstić information content (AvgIpc) is 3.24. The molecule has 4 rings (SSSR count). The van der Waals surface area contributed by atoms with Gasteiger partial charge in [0.15, 0.2) is 5.65 Å². The Labute approximate surface area is 146 Å². The average molecular weight is 334 g/mol. The molecule has 0 unspecified atom stereocenters.